The number of benzene rings is 1. The molecule has 3 aromatic heterocycles. The molecule has 69 heavy (non-hydrogen) atoms. The number of methoxy groups -OCH3 is 1. The maximum atomic E-state index is 15.8. The van der Waals surface area contributed by atoms with Crippen LogP contribution in [0.4, 0.5) is 4.79 Å². The van der Waals surface area contributed by atoms with Crippen molar-refractivity contribution in [2.45, 2.75) is 122 Å². The number of Topliss-reactive ketones (excluding diaryl/α,β-unsaturated/α-hetero) is 1. The number of likely N-dealkylation sites (tertiary alicyclic amines) is 1. The summed E-state index contributed by atoms with van der Waals surface area (Å²) >= 11 is 1.56. The fourth-order valence-corrected chi connectivity index (χ4v) is 16.6. The molecule has 8 heterocycles. The number of ketones is 1. The SMILES string of the molecule is CCn1c(-c2cccnc2[C@H](C)OC)c2c3cc(ccc31)-c1csc(n1)C[C@]1(C(=O)N3CCC[C@@H](C(=O)OCC(C)(C)C2)C2[Si]N23)C2[Si]C2C1C(=O)C(=C(C)C)N(C)C(=O)N1CC(N(C)C2CC2)C1. The molecule has 14 nitrogen and oxygen atoms in total. The third-order valence-electron chi connectivity index (χ3n) is 16.3. The molecule has 5 unspecified atom stereocenters. The van der Waals surface area contributed by atoms with Crippen molar-refractivity contribution in [2.75, 3.05) is 47.4 Å². The van der Waals surface area contributed by atoms with Gasteiger partial charge in [-0.05, 0) is 113 Å². The predicted octanol–water partition coefficient (Wildman–Crippen LogP) is 7.24. The first-order valence-corrected chi connectivity index (χ1v) is 28.0. The molecule has 11 rings (SSSR count). The quantitative estimate of drug-likeness (QED) is 0.0732. The van der Waals surface area contributed by atoms with Crippen molar-refractivity contribution in [3.05, 3.63) is 69.4 Å². The monoisotopic (exact) mass is 984 g/mol. The maximum Gasteiger partial charge on any atom is 0.324 e. The molecular formula is C52H64N8O6SSi2. The Morgan fingerprint density at radius 1 is 1.07 bits per heavy atom. The molecule has 4 saturated heterocycles. The number of allylic oxidation sites excluding steroid dienone is 2. The Morgan fingerprint density at radius 3 is 2.58 bits per heavy atom. The number of hydrogen-bond donors (Lipinski definition) is 0. The number of nitrogens with zero attached hydrogens (tertiary/aromatic N) is 8. The first kappa shape index (κ1) is 46.8. The summed E-state index contributed by atoms with van der Waals surface area (Å²) in [6.45, 7) is 15.1. The van der Waals surface area contributed by atoms with Crippen molar-refractivity contribution in [3.8, 4) is 22.5 Å². The number of cyclic esters (lactones) is 1. The lowest BCUT2D eigenvalue weighted by molar-refractivity contribution is -0.163. The topological polar surface area (TPSA) is 133 Å². The van der Waals surface area contributed by atoms with E-state index in [-0.39, 0.29) is 68.7 Å². The number of ether oxygens (including phenoxy) is 2. The molecular weight excluding hydrogens is 921 g/mol. The van der Waals surface area contributed by atoms with E-state index in [4.69, 9.17) is 19.4 Å². The highest BCUT2D eigenvalue weighted by Crippen LogP contribution is 2.77. The summed E-state index contributed by atoms with van der Waals surface area (Å²) in [7, 11) is 6.33. The first-order chi connectivity index (χ1) is 33.1. The number of esters is 1. The minimum Gasteiger partial charge on any atom is -0.465 e. The molecule has 4 radical (unpaired) electrons. The smallest absolute Gasteiger partial charge is 0.324 e. The molecule has 3 amide bonds. The Bertz CT molecular complexity index is 2800. The molecule has 7 aliphatic rings. The summed E-state index contributed by atoms with van der Waals surface area (Å²) in [5.41, 5.74) is 6.68. The van der Waals surface area contributed by atoms with Crippen molar-refractivity contribution in [2.24, 2.45) is 22.7 Å². The van der Waals surface area contributed by atoms with Crippen molar-refractivity contribution in [1.82, 2.24) is 38.9 Å². The normalized spacial score (nSPS) is 28.7. The van der Waals surface area contributed by atoms with Crippen molar-refractivity contribution in [1.29, 1.82) is 0 Å². The summed E-state index contributed by atoms with van der Waals surface area (Å²) in [5, 5.41) is 5.93. The van der Waals surface area contributed by atoms with Gasteiger partial charge in [-0.25, -0.2) is 14.5 Å². The van der Waals surface area contributed by atoms with Gasteiger partial charge in [-0.15, -0.1) is 11.3 Å². The summed E-state index contributed by atoms with van der Waals surface area (Å²) in [6.07, 6.45) is 6.24. The minimum absolute atomic E-state index is 0.0419. The van der Waals surface area contributed by atoms with E-state index in [1.165, 1.54) is 12.8 Å². The molecule has 8 atom stereocenters. The third kappa shape index (κ3) is 7.79. The summed E-state index contributed by atoms with van der Waals surface area (Å²) in [4.78, 5) is 75.7. The van der Waals surface area contributed by atoms with Gasteiger partial charge in [0.15, 0.2) is 15.5 Å². The number of thiazole rings is 1. The van der Waals surface area contributed by atoms with E-state index >= 15 is 9.59 Å². The zero-order chi connectivity index (χ0) is 48.4. The molecule has 2 saturated carbocycles. The highest BCUT2D eigenvalue weighted by molar-refractivity contribution is 7.10. The van der Waals surface area contributed by atoms with Gasteiger partial charge < -0.3 is 18.9 Å². The fraction of sp³-hybridized carbons (Fsp3) is 0.577. The summed E-state index contributed by atoms with van der Waals surface area (Å²) in [5.74, 6) is -1.34. The molecule has 1 spiro atoms. The second-order valence-corrected chi connectivity index (χ2v) is 25.5. The van der Waals surface area contributed by atoms with Crippen molar-refractivity contribution < 1.29 is 28.7 Å². The van der Waals surface area contributed by atoms with Gasteiger partial charge in [0.2, 0.25) is 5.91 Å². The first-order valence-electron chi connectivity index (χ1n) is 24.9. The van der Waals surface area contributed by atoms with E-state index in [9.17, 15) is 9.59 Å². The molecule has 0 N–H and O–H groups in total. The van der Waals surface area contributed by atoms with Crippen LogP contribution < -0.4 is 0 Å². The van der Waals surface area contributed by atoms with Crippen LogP contribution in [0.25, 0.3) is 33.4 Å². The van der Waals surface area contributed by atoms with Gasteiger partial charge in [0.1, 0.15) is 0 Å². The highest BCUT2D eigenvalue weighted by atomic mass is 32.1. The van der Waals surface area contributed by atoms with Crippen molar-refractivity contribution >= 4 is 65.1 Å². The number of aromatic nitrogens is 3. The van der Waals surface area contributed by atoms with Crippen LogP contribution in [0.1, 0.15) is 89.6 Å². The van der Waals surface area contributed by atoms with Gasteiger partial charge >= 0.3 is 12.0 Å². The second kappa shape index (κ2) is 17.4. The van der Waals surface area contributed by atoms with Gasteiger partial charge in [-0.2, -0.15) is 0 Å². The van der Waals surface area contributed by atoms with Crippen LogP contribution in [0, 0.1) is 22.7 Å². The number of hydrogen-bond acceptors (Lipinski definition) is 11. The number of pyridine rings is 1. The number of urea groups is 1. The lowest BCUT2D eigenvalue weighted by Gasteiger charge is -2.50. The number of hydrazine groups is 1. The van der Waals surface area contributed by atoms with Crippen LogP contribution in [0.15, 0.2) is 53.2 Å². The highest BCUT2D eigenvalue weighted by Gasteiger charge is 2.78. The molecule has 362 valence electrons. The van der Waals surface area contributed by atoms with E-state index in [0.29, 0.717) is 72.6 Å². The molecule has 17 heteroatoms. The van der Waals surface area contributed by atoms with Crippen LogP contribution in [-0.2, 0) is 43.2 Å². The largest absolute Gasteiger partial charge is 0.465 e. The van der Waals surface area contributed by atoms with E-state index in [1.54, 1.807) is 30.4 Å². The molecule has 6 bridgehead atoms. The molecule has 6 fully saturated rings. The van der Waals surface area contributed by atoms with Crippen LogP contribution in [0.3, 0.4) is 0 Å². The number of carbonyl (C=O) groups is 4. The van der Waals surface area contributed by atoms with Gasteiger partial charge in [0.25, 0.3) is 0 Å². The molecule has 1 aromatic carbocycles. The average molecular weight is 985 g/mol. The number of amides is 3. The Kier molecular flexibility index (Phi) is 11.8. The van der Waals surface area contributed by atoms with Gasteiger partial charge in [-0.3, -0.25) is 34.2 Å². The van der Waals surface area contributed by atoms with Gasteiger partial charge in [0.05, 0.1) is 51.8 Å². The van der Waals surface area contributed by atoms with Gasteiger partial charge in [0, 0.05) is 119 Å². The maximum absolute atomic E-state index is 15.8. The standard InChI is InChI=1S/C52H64N8O6SSi2/c1-10-58-38-18-15-30-21-35(38)36(43(58)33-13-11-19-53-41(33)29(4)65-9)22-51(5,6)27-66-48(62)34-14-12-20-59(60-47(34)69-60)49(63)52(23-39-54-37(30)26-67-39)40(45-46(52)68-45)44(61)42(28(2)3)56(8)50(64)57-24-32(25-57)55(7)31-16-17-31/h11,13,15,18-19,21,26,29,31-32,34,40,45-47H,10,12,14,16-17,20,22-25,27H2,1-9H3/t29-,34+,40?,45?,46?,47?,52+,60?/m0/s1. The van der Waals surface area contributed by atoms with E-state index in [0.717, 1.165) is 61.8 Å². The van der Waals surface area contributed by atoms with Crippen molar-refractivity contribution in [3.63, 3.8) is 0 Å². The number of carbonyl (C=O) groups excluding carboxylic acids is 4. The Balaban J connectivity index is 0.992. The summed E-state index contributed by atoms with van der Waals surface area (Å²) in [6, 6.07) is 11.5. The molecule has 5 aliphatic heterocycles. The number of rotatable bonds is 9. The minimum atomic E-state index is -1.04. The molecule has 4 aromatic rings. The lowest BCUT2D eigenvalue weighted by atomic mass is 9.55. The van der Waals surface area contributed by atoms with E-state index < -0.39 is 16.7 Å². The van der Waals surface area contributed by atoms with Crippen LogP contribution in [0.2, 0.25) is 11.1 Å². The van der Waals surface area contributed by atoms with Gasteiger partial charge in [-0.1, -0.05) is 19.9 Å². The number of likely N-dealkylation sites (N-methyl/N-ethyl adjacent to an activating group) is 2. The number of fused-ring (bicyclic) bond motifs is 6. The second-order valence-electron chi connectivity index (χ2n) is 21.7. The lowest BCUT2D eigenvalue weighted by Crippen LogP contribution is -2.63. The Hall–Kier alpha value is -4.53. The van der Waals surface area contributed by atoms with E-state index in [2.05, 4.69) is 71.6 Å². The number of aryl methyl sites for hydroxylation is 1. The van der Waals surface area contributed by atoms with Crippen LogP contribution in [0.5, 0.6) is 0 Å². The van der Waals surface area contributed by atoms with Crippen LogP contribution in [-0.4, -0.2) is 147 Å². The summed E-state index contributed by atoms with van der Waals surface area (Å²) < 4.78 is 16.7. The predicted molar refractivity (Wildman–Crippen MR) is 267 cm³/mol. The van der Waals surface area contributed by atoms with Crippen LogP contribution >= 0.6 is 11.3 Å². The fourth-order valence-electron chi connectivity index (χ4n) is 12.2. The molecule has 2 aliphatic carbocycles. The zero-order valence-corrected chi connectivity index (χ0v) is 44.2. The Labute approximate surface area is 414 Å². The third-order valence-corrected chi connectivity index (χ3v) is 20.5. The van der Waals surface area contributed by atoms with E-state index in [1.807, 2.05) is 42.9 Å². The average Bonchev–Trinajstić information content (AvgIpc) is 4.25. The zero-order valence-electron chi connectivity index (χ0n) is 41.4. The Morgan fingerprint density at radius 2 is 1.86 bits per heavy atom.